The van der Waals surface area contributed by atoms with Gasteiger partial charge in [0.2, 0.25) is 5.95 Å². The van der Waals surface area contributed by atoms with Gasteiger partial charge in [-0.15, -0.1) is 0 Å². The SMILES string of the molecule is Cc1cc(C)nc(NS(=O)(=O)c2ccc(NS(=O)(=O)c3cccc(C(=O)O)c3)cc2)n1. The number of aromatic carboxylic acids is 1. The van der Waals surface area contributed by atoms with Gasteiger partial charge < -0.3 is 5.11 Å². The second-order valence-corrected chi connectivity index (χ2v) is 9.91. The maximum atomic E-state index is 12.6. The fraction of sp³-hybridized carbons (Fsp3) is 0.105. The van der Waals surface area contributed by atoms with Gasteiger partial charge in [-0.2, -0.15) is 0 Å². The molecule has 12 heteroatoms. The molecule has 0 aliphatic heterocycles. The molecule has 0 aliphatic rings. The lowest BCUT2D eigenvalue weighted by atomic mass is 10.2. The minimum Gasteiger partial charge on any atom is -0.478 e. The second kappa shape index (κ2) is 8.32. The van der Waals surface area contributed by atoms with E-state index in [1.807, 2.05) is 0 Å². The maximum Gasteiger partial charge on any atom is 0.335 e. The van der Waals surface area contributed by atoms with Crippen molar-refractivity contribution >= 4 is 37.7 Å². The number of nitrogens with zero attached hydrogens (tertiary/aromatic N) is 2. The molecule has 0 unspecified atom stereocenters. The lowest BCUT2D eigenvalue weighted by Crippen LogP contribution is -2.16. The summed E-state index contributed by atoms with van der Waals surface area (Å²) in [6.45, 7) is 3.42. The summed E-state index contributed by atoms with van der Waals surface area (Å²) in [5.74, 6) is -1.33. The molecule has 0 amide bonds. The Morgan fingerprint density at radius 2 is 1.39 bits per heavy atom. The Bertz CT molecular complexity index is 1330. The summed E-state index contributed by atoms with van der Waals surface area (Å²) in [4.78, 5) is 18.8. The summed E-state index contributed by atoms with van der Waals surface area (Å²) < 4.78 is 54.7. The zero-order valence-corrected chi connectivity index (χ0v) is 18.0. The Morgan fingerprint density at radius 3 is 1.97 bits per heavy atom. The minimum atomic E-state index is -4.07. The largest absolute Gasteiger partial charge is 0.478 e. The third-order valence-corrected chi connectivity index (χ3v) is 6.74. The monoisotopic (exact) mass is 462 g/mol. The molecule has 10 nitrogen and oxygen atoms in total. The van der Waals surface area contributed by atoms with Gasteiger partial charge in [0.25, 0.3) is 20.0 Å². The number of nitrogens with one attached hydrogen (secondary N) is 2. The smallest absolute Gasteiger partial charge is 0.335 e. The van der Waals surface area contributed by atoms with E-state index in [2.05, 4.69) is 19.4 Å². The van der Waals surface area contributed by atoms with E-state index in [4.69, 9.17) is 5.11 Å². The highest BCUT2D eigenvalue weighted by atomic mass is 32.2. The molecule has 0 spiro atoms. The number of anilines is 2. The first-order chi connectivity index (χ1) is 14.5. The number of sulfonamides is 2. The zero-order valence-electron chi connectivity index (χ0n) is 16.4. The van der Waals surface area contributed by atoms with Crippen LogP contribution in [0.1, 0.15) is 21.7 Å². The van der Waals surface area contributed by atoms with E-state index in [0.717, 1.165) is 6.07 Å². The van der Waals surface area contributed by atoms with Gasteiger partial charge in [0.15, 0.2) is 0 Å². The molecule has 162 valence electrons. The van der Waals surface area contributed by atoms with Crippen LogP contribution in [0.25, 0.3) is 0 Å². The van der Waals surface area contributed by atoms with Crippen LogP contribution in [0.4, 0.5) is 11.6 Å². The fourth-order valence-electron chi connectivity index (χ4n) is 2.66. The Labute approximate surface area is 179 Å². The summed E-state index contributed by atoms with van der Waals surface area (Å²) in [5, 5.41) is 9.02. The number of carboxylic acids is 1. The van der Waals surface area contributed by atoms with Crippen molar-refractivity contribution in [3.63, 3.8) is 0 Å². The van der Waals surface area contributed by atoms with Crippen LogP contribution >= 0.6 is 0 Å². The fourth-order valence-corrected chi connectivity index (χ4v) is 4.71. The van der Waals surface area contributed by atoms with Crippen LogP contribution in [0.3, 0.4) is 0 Å². The van der Waals surface area contributed by atoms with Crippen LogP contribution in [0, 0.1) is 13.8 Å². The van der Waals surface area contributed by atoms with E-state index in [1.165, 1.54) is 42.5 Å². The quantitative estimate of drug-likeness (QED) is 0.483. The van der Waals surface area contributed by atoms with E-state index in [-0.39, 0.29) is 27.0 Å². The van der Waals surface area contributed by atoms with Crippen molar-refractivity contribution in [3.8, 4) is 0 Å². The molecule has 3 rings (SSSR count). The van der Waals surface area contributed by atoms with E-state index in [9.17, 15) is 21.6 Å². The molecule has 0 aliphatic carbocycles. The van der Waals surface area contributed by atoms with Crippen LogP contribution in [0.5, 0.6) is 0 Å². The number of benzene rings is 2. The molecule has 2 aromatic carbocycles. The number of carbonyl (C=O) groups is 1. The molecule has 0 radical (unpaired) electrons. The van der Waals surface area contributed by atoms with Gasteiger partial charge in [-0.1, -0.05) is 6.07 Å². The van der Waals surface area contributed by atoms with E-state index < -0.39 is 26.0 Å². The average Bonchev–Trinajstić information content (AvgIpc) is 2.67. The molecule has 0 saturated heterocycles. The van der Waals surface area contributed by atoms with Crippen molar-refractivity contribution < 1.29 is 26.7 Å². The average molecular weight is 463 g/mol. The highest BCUT2D eigenvalue weighted by molar-refractivity contribution is 7.93. The van der Waals surface area contributed by atoms with Crippen molar-refractivity contribution in [1.29, 1.82) is 0 Å². The molecule has 1 heterocycles. The Hall–Kier alpha value is -3.51. The second-order valence-electron chi connectivity index (χ2n) is 6.54. The van der Waals surface area contributed by atoms with Crippen LogP contribution in [0.2, 0.25) is 0 Å². The molecule has 0 fully saturated rings. The number of hydrogen-bond acceptors (Lipinski definition) is 7. The molecular weight excluding hydrogens is 444 g/mol. The first-order valence-corrected chi connectivity index (χ1v) is 11.7. The highest BCUT2D eigenvalue weighted by Gasteiger charge is 2.19. The van der Waals surface area contributed by atoms with Gasteiger partial charge in [0.1, 0.15) is 0 Å². The summed E-state index contributed by atoms with van der Waals surface area (Å²) in [7, 11) is -8.07. The lowest BCUT2D eigenvalue weighted by Gasteiger charge is -2.11. The van der Waals surface area contributed by atoms with Gasteiger partial charge in [-0.25, -0.2) is 36.3 Å². The minimum absolute atomic E-state index is 0.0689. The Kier molecular flexibility index (Phi) is 5.95. The zero-order chi connectivity index (χ0) is 22.8. The molecule has 3 N–H and O–H groups in total. The molecule has 31 heavy (non-hydrogen) atoms. The molecule has 0 bridgehead atoms. The number of aryl methyl sites for hydroxylation is 2. The van der Waals surface area contributed by atoms with Gasteiger partial charge in [-0.3, -0.25) is 4.72 Å². The van der Waals surface area contributed by atoms with Crippen molar-refractivity contribution in [1.82, 2.24) is 9.97 Å². The first-order valence-electron chi connectivity index (χ1n) is 8.78. The normalized spacial score (nSPS) is 11.7. The first kappa shape index (κ1) is 22.2. The number of aromatic nitrogens is 2. The third kappa shape index (κ3) is 5.35. The Morgan fingerprint density at radius 1 is 0.806 bits per heavy atom. The topological polar surface area (TPSA) is 155 Å². The summed E-state index contributed by atoms with van der Waals surface area (Å²) in [6, 6.07) is 11.5. The standard InChI is InChI=1S/C19H18N4O6S2/c1-12-10-13(2)21-19(20-12)23-30(26,27)16-8-6-15(7-9-16)22-31(28,29)17-5-3-4-14(11-17)18(24)25/h3-11,22H,1-2H3,(H,24,25)(H,20,21,23). The summed E-state index contributed by atoms with van der Waals surface area (Å²) in [5.41, 5.74) is 1.12. The molecule has 1 aromatic heterocycles. The van der Waals surface area contributed by atoms with Gasteiger partial charge in [0.05, 0.1) is 15.4 Å². The predicted octanol–water partition coefficient (Wildman–Crippen LogP) is 2.39. The van der Waals surface area contributed by atoms with Crippen LogP contribution in [-0.2, 0) is 20.0 Å². The maximum absolute atomic E-state index is 12.6. The van der Waals surface area contributed by atoms with Crippen molar-refractivity contribution in [2.75, 3.05) is 9.44 Å². The van der Waals surface area contributed by atoms with Crippen LogP contribution in [0.15, 0.2) is 64.4 Å². The van der Waals surface area contributed by atoms with E-state index in [0.29, 0.717) is 11.4 Å². The summed E-state index contributed by atoms with van der Waals surface area (Å²) >= 11 is 0. The predicted molar refractivity (Wildman–Crippen MR) is 113 cm³/mol. The number of rotatable bonds is 7. The van der Waals surface area contributed by atoms with Crippen molar-refractivity contribution in [2.24, 2.45) is 0 Å². The number of hydrogen-bond donors (Lipinski definition) is 3. The van der Waals surface area contributed by atoms with Gasteiger partial charge in [0, 0.05) is 17.1 Å². The summed E-state index contributed by atoms with van der Waals surface area (Å²) in [6.07, 6.45) is 0. The molecule has 3 aromatic rings. The lowest BCUT2D eigenvalue weighted by molar-refractivity contribution is 0.0696. The number of carboxylic acid groups (broad SMARTS) is 1. The van der Waals surface area contributed by atoms with Crippen molar-refractivity contribution in [3.05, 3.63) is 71.5 Å². The van der Waals surface area contributed by atoms with Crippen molar-refractivity contribution in [2.45, 2.75) is 23.6 Å². The van der Waals surface area contributed by atoms with Gasteiger partial charge in [-0.05, 0) is 62.4 Å². The molecule has 0 atom stereocenters. The van der Waals surface area contributed by atoms with E-state index in [1.54, 1.807) is 19.9 Å². The van der Waals surface area contributed by atoms with Crippen LogP contribution in [-0.4, -0.2) is 37.9 Å². The highest BCUT2D eigenvalue weighted by Crippen LogP contribution is 2.20. The van der Waals surface area contributed by atoms with Crippen LogP contribution < -0.4 is 9.44 Å². The third-order valence-electron chi connectivity index (χ3n) is 4.02. The molecular formula is C19H18N4O6S2. The van der Waals surface area contributed by atoms with E-state index >= 15 is 0 Å². The molecule has 0 saturated carbocycles. The Balaban J connectivity index is 1.81. The van der Waals surface area contributed by atoms with Gasteiger partial charge >= 0.3 is 5.97 Å².